The second-order valence-electron chi connectivity index (χ2n) is 6.53. The van der Waals surface area contributed by atoms with Crippen molar-refractivity contribution >= 4 is 0 Å². The van der Waals surface area contributed by atoms with Gasteiger partial charge in [-0.2, -0.15) is 0 Å². The lowest BCUT2D eigenvalue weighted by molar-refractivity contribution is -0.659. The summed E-state index contributed by atoms with van der Waals surface area (Å²) >= 11 is 0. The van der Waals surface area contributed by atoms with Crippen LogP contribution < -0.4 is 4.57 Å². The number of hydrogen-bond acceptors (Lipinski definition) is 0. The van der Waals surface area contributed by atoms with Crippen molar-refractivity contribution in [2.24, 2.45) is 7.05 Å². The van der Waals surface area contributed by atoms with Crippen molar-refractivity contribution in [1.29, 1.82) is 0 Å². The normalized spacial score (nSPS) is 21.7. The number of benzene rings is 2. The molecule has 0 fully saturated rings. The average molecular weight is 356 g/mol. The minimum Gasteiger partial charge on any atom is -0.200 e. The molecule has 0 bridgehead atoms. The predicted molar refractivity (Wildman–Crippen MR) is 111 cm³/mol. The summed E-state index contributed by atoms with van der Waals surface area (Å²) in [4.78, 5) is 0. The number of nitrogens with zero attached hydrogens (tertiary/aromatic N) is 1. The Balaban J connectivity index is 2.33. The maximum absolute atomic E-state index is 8.66. The molecule has 1 nitrogen and oxygen atoms in total. The van der Waals surface area contributed by atoms with Crippen molar-refractivity contribution in [3.63, 3.8) is 0 Å². The molecule has 0 N–H and O–H groups in total. The van der Waals surface area contributed by atoms with Gasteiger partial charge in [0.25, 0.3) is 0 Å². The van der Waals surface area contributed by atoms with E-state index in [9.17, 15) is 0 Å². The van der Waals surface area contributed by atoms with E-state index in [4.69, 9.17) is 15.1 Å². The standard InChI is InChI=1S/C25H30N/c1-17(2)21-13-22(18(3)4)15-23(14-21)20-11-12-25(26(6)16-20)24-10-8-7-9-19(24)5/h7-18H,1-6H3/q+1/i1D3,2D3,3D3,17D,18D. The highest BCUT2D eigenvalue weighted by Crippen LogP contribution is 2.29. The van der Waals surface area contributed by atoms with Crippen LogP contribution in [0.15, 0.2) is 60.8 Å². The van der Waals surface area contributed by atoms with Crippen LogP contribution in [0.3, 0.4) is 0 Å². The first-order valence-corrected chi connectivity index (χ1v) is 8.44. The molecule has 3 aromatic rings. The minimum atomic E-state index is -3.26. The Kier molecular flexibility index (Phi) is 2.58. The van der Waals surface area contributed by atoms with Gasteiger partial charge < -0.3 is 0 Å². The lowest BCUT2D eigenvalue weighted by atomic mass is 9.91. The summed E-state index contributed by atoms with van der Waals surface area (Å²) in [5, 5.41) is 0. The summed E-state index contributed by atoms with van der Waals surface area (Å²) in [7, 11) is 1.83. The Morgan fingerprint density at radius 2 is 1.58 bits per heavy atom. The molecule has 1 unspecified atom stereocenters. The molecule has 0 spiro atoms. The van der Waals surface area contributed by atoms with Gasteiger partial charge in [-0.3, -0.25) is 0 Å². The Labute approximate surface area is 173 Å². The number of pyridine rings is 1. The van der Waals surface area contributed by atoms with Crippen molar-refractivity contribution in [2.75, 3.05) is 0 Å². The smallest absolute Gasteiger partial charge is 0.200 e. The van der Waals surface area contributed by atoms with Crippen molar-refractivity contribution in [3.8, 4) is 22.4 Å². The molecule has 0 aliphatic heterocycles. The summed E-state index contributed by atoms with van der Waals surface area (Å²) in [5.41, 5.74) is 3.32. The maximum atomic E-state index is 8.66. The third-order valence-corrected chi connectivity index (χ3v) is 4.54. The Morgan fingerprint density at radius 3 is 2.23 bits per heavy atom. The molecular weight excluding hydrogens is 314 g/mol. The molecule has 0 saturated carbocycles. The SMILES string of the molecule is [2H]C([2H])([2H])C([2H])(C)c1cc(-c2ccc(-c3ccccc3C)[n+](C)c2)cc(C([2H])(C([2H])([2H])[2H])C([2H])([2H])[2H])c1. The van der Waals surface area contributed by atoms with Gasteiger partial charge in [-0.1, -0.05) is 63.9 Å². The van der Waals surface area contributed by atoms with Gasteiger partial charge in [0.1, 0.15) is 7.05 Å². The Bertz CT molecular complexity index is 1290. The van der Waals surface area contributed by atoms with Crippen LogP contribution in [-0.2, 0) is 7.05 Å². The van der Waals surface area contributed by atoms with Crippen LogP contribution in [0.4, 0.5) is 0 Å². The van der Waals surface area contributed by atoms with E-state index in [2.05, 4.69) is 0 Å². The van der Waals surface area contributed by atoms with Crippen LogP contribution in [0.25, 0.3) is 22.4 Å². The largest absolute Gasteiger partial charge is 0.212 e. The van der Waals surface area contributed by atoms with Gasteiger partial charge in [-0.15, -0.1) is 0 Å². The topological polar surface area (TPSA) is 3.88 Å². The fraction of sp³-hybridized carbons (Fsp3) is 0.320. The molecular formula is C25H30N+. The van der Waals surface area contributed by atoms with Gasteiger partial charge >= 0.3 is 0 Å². The van der Waals surface area contributed by atoms with E-state index in [-0.39, 0.29) is 5.56 Å². The molecule has 0 amide bonds. The average Bonchev–Trinajstić information content (AvgIpc) is 2.76. The minimum absolute atomic E-state index is 0.101. The van der Waals surface area contributed by atoms with E-state index in [1.54, 1.807) is 12.3 Å². The van der Waals surface area contributed by atoms with Crippen LogP contribution in [-0.4, -0.2) is 0 Å². The van der Waals surface area contributed by atoms with Gasteiger partial charge in [-0.05, 0) is 53.1 Å². The molecule has 26 heavy (non-hydrogen) atoms. The molecule has 0 aliphatic rings. The summed E-state index contributed by atoms with van der Waals surface area (Å²) in [6.45, 7) is -6.16. The summed E-state index contributed by atoms with van der Waals surface area (Å²) in [6.07, 6.45) is 1.76. The highest BCUT2D eigenvalue weighted by Gasteiger charge is 2.15. The number of hydrogen-bond donors (Lipinski definition) is 0. The van der Waals surface area contributed by atoms with Crippen LogP contribution in [0.5, 0.6) is 0 Å². The third kappa shape index (κ3) is 3.72. The van der Waals surface area contributed by atoms with Gasteiger partial charge in [0.15, 0.2) is 6.20 Å². The monoisotopic (exact) mass is 355 g/mol. The zero-order valence-electron chi connectivity index (χ0n) is 26.2. The fourth-order valence-electron chi connectivity index (χ4n) is 3.07. The van der Waals surface area contributed by atoms with Crippen molar-refractivity contribution in [1.82, 2.24) is 0 Å². The highest BCUT2D eigenvalue weighted by molar-refractivity contribution is 5.67. The Hall–Kier alpha value is -2.41. The molecule has 134 valence electrons. The second kappa shape index (κ2) is 7.45. The number of aromatic nitrogens is 1. The number of aryl methyl sites for hydroxylation is 2. The predicted octanol–water partition coefficient (Wildman–Crippen LogP) is 6.40. The van der Waals surface area contributed by atoms with E-state index in [0.717, 1.165) is 22.9 Å². The van der Waals surface area contributed by atoms with E-state index in [1.165, 1.54) is 19.1 Å². The maximum Gasteiger partial charge on any atom is 0.212 e. The fourth-order valence-corrected chi connectivity index (χ4v) is 3.07. The summed E-state index contributed by atoms with van der Waals surface area (Å²) < 4.78 is 90.1. The van der Waals surface area contributed by atoms with Gasteiger partial charge in [-0.25, -0.2) is 4.57 Å². The quantitative estimate of drug-likeness (QED) is 0.477. The van der Waals surface area contributed by atoms with Crippen LogP contribution in [0.1, 0.15) is 71.0 Å². The summed E-state index contributed by atoms with van der Waals surface area (Å²) in [5.74, 6) is -5.23. The molecule has 1 atom stereocenters. The van der Waals surface area contributed by atoms with Crippen molar-refractivity contribution in [3.05, 3.63) is 77.5 Å². The van der Waals surface area contributed by atoms with Crippen molar-refractivity contribution < 1.29 is 19.6 Å². The summed E-state index contributed by atoms with van der Waals surface area (Å²) in [6, 6.07) is 15.3. The zero-order chi connectivity index (χ0) is 28.2. The molecule has 2 aromatic carbocycles. The van der Waals surface area contributed by atoms with E-state index in [0.29, 0.717) is 11.1 Å². The van der Waals surface area contributed by atoms with Crippen molar-refractivity contribution in [2.45, 2.75) is 46.2 Å². The van der Waals surface area contributed by atoms with Gasteiger partial charge in [0.2, 0.25) is 5.69 Å². The molecule has 0 radical (unpaired) electrons. The lowest BCUT2D eigenvalue weighted by Crippen LogP contribution is -2.30. The Morgan fingerprint density at radius 1 is 0.885 bits per heavy atom. The third-order valence-electron chi connectivity index (χ3n) is 4.54. The highest BCUT2D eigenvalue weighted by atomic mass is 14.9. The van der Waals surface area contributed by atoms with E-state index in [1.807, 2.05) is 48.9 Å². The molecule has 1 heteroatoms. The first-order valence-electron chi connectivity index (χ1n) is 13.9. The number of rotatable bonds is 4. The van der Waals surface area contributed by atoms with Gasteiger partial charge in [0.05, 0.1) is 0 Å². The molecule has 0 saturated heterocycles. The van der Waals surface area contributed by atoms with Crippen LogP contribution in [0.2, 0.25) is 0 Å². The van der Waals surface area contributed by atoms with E-state index >= 15 is 0 Å². The first kappa shape index (κ1) is 8.99. The van der Waals surface area contributed by atoms with Crippen LogP contribution in [0, 0.1) is 6.92 Å². The lowest BCUT2D eigenvalue weighted by Gasteiger charge is -2.14. The van der Waals surface area contributed by atoms with Crippen LogP contribution >= 0.6 is 0 Å². The van der Waals surface area contributed by atoms with E-state index < -0.39 is 37.9 Å². The molecule has 0 aliphatic carbocycles. The second-order valence-corrected chi connectivity index (χ2v) is 6.53. The molecule has 3 rings (SSSR count). The molecule has 1 heterocycles. The van der Waals surface area contributed by atoms with Gasteiger partial charge in [0, 0.05) is 32.3 Å². The first-order chi connectivity index (χ1) is 16.7. The molecule has 1 aromatic heterocycles. The zero-order valence-corrected chi connectivity index (χ0v) is 15.2.